The lowest BCUT2D eigenvalue weighted by Gasteiger charge is -2.24. The molecule has 2 rings (SSSR count). The number of carbonyl (C=O) groups is 1. The van der Waals surface area contributed by atoms with Gasteiger partial charge in [-0.3, -0.25) is 0 Å². The van der Waals surface area contributed by atoms with Gasteiger partial charge in [0.25, 0.3) is 0 Å². The molecule has 0 atom stereocenters. The third-order valence-electron chi connectivity index (χ3n) is 3.51. The molecule has 1 aliphatic rings. The summed E-state index contributed by atoms with van der Waals surface area (Å²) in [6, 6.07) is 5.26. The molecule has 1 aliphatic carbocycles. The minimum Gasteiger partial charge on any atom is -0.406 e. The number of anilines is 1. The molecule has 2 amide bonds. The first kappa shape index (κ1) is 17.4. The highest BCUT2D eigenvalue weighted by molar-refractivity contribution is 5.90. The molecule has 0 unspecified atom stereocenters. The number of rotatable bonds is 6. The Bertz CT molecular complexity index is 542. The minimum atomic E-state index is -4.75. The third-order valence-corrected chi connectivity index (χ3v) is 3.51. The lowest BCUT2D eigenvalue weighted by atomic mass is 10.1. The van der Waals surface area contributed by atoms with E-state index < -0.39 is 6.36 Å². The van der Waals surface area contributed by atoms with Gasteiger partial charge in [-0.2, -0.15) is 0 Å². The first-order valence-corrected chi connectivity index (χ1v) is 7.68. The van der Waals surface area contributed by atoms with Crippen molar-refractivity contribution in [2.75, 3.05) is 11.9 Å². The highest BCUT2D eigenvalue weighted by Gasteiger charge is 2.33. The Morgan fingerprint density at radius 1 is 1.39 bits per heavy atom. The first-order valence-electron chi connectivity index (χ1n) is 7.68. The van der Waals surface area contributed by atoms with Crippen molar-refractivity contribution in [2.45, 2.75) is 45.5 Å². The van der Waals surface area contributed by atoms with Gasteiger partial charge < -0.3 is 15.0 Å². The van der Waals surface area contributed by atoms with E-state index >= 15 is 0 Å². The van der Waals surface area contributed by atoms with E-state index in [-0.39, 0.29) is 23.5 Å². The lowest BCUT2D eigenvalue weighted by molar-refractivity contribution is -0.274. The zero-order valence-electron chi connectivity index (χ0n) is 13.2. The van der Waals surface area contributed by atoms with Gasteiger partial charge in [0.15, 0.2) is 0 Å². The summed E-state index contributed by atoms with van der Waals surface area (Å²) in [5.74, 6) is 0.128. The SMILES string of the molecule is CC(C)CCN(C(=O)Nc1cccc(OC(F)(F)F)c1)C1CC1. The molecular weight excluding hydrogens is 309 g/mol. The van der Waals surface area contributed by atoms with Crippen molar-refractivity contribution in [3.8, 4) is 5.75 Å². The predicted octanol–water partition coefficient (Wildman–Crippen LogP) is 4.63. The van der Waals surface area contributed by atoms with Gasteiger partial charge in [0.05, 0.1) is 0 Å². The van der Waals surface area contributed by atoms with Crippen molar-refractivity contribution >= 4 is 11.7 Å². The number of halogens is 3. The second kappa shape index (κ2) is 7.10. The Labute approximate surface area is 133 Å². The van der Waals surface area contributed by atoms with Crippen LogP contribution < -0.4 is 10.1 Å². The van der Waals surface area contributed by atoms with Crippen LogP contribution in [-0.4, -0.2) is 29.9 Å². The molecule has 0 heterocycles. The quantitative estimate of drug-likeness (QED) is 0.826. The largest absolute Gasteiger partial charge is 0.573 e. The normalized spacial score (nSPS) is 14.7. The third kappa shape index (κ3) is 6.00. The maximum Gasteiger partial charge on any atom is 0.573 e. The molecule has 1 saturated carbocycles. The molecular formula is C16H21F3N2O2. The Balaban J connectivity index is 1.99. The topological polar surface area (TPSA) is 41.6 Å². The Morgan fingerprint density at radius 3 is 2.65 bits per heavy atom. The molecule has 23 heavy (non-hydrogen) atoms. The van der Waals surface area contributed by atoms with Crippen LogP contribution in [-0.2, 0) is 0 Å². The molecule has 0 aliphatic heterocycles. The number of carbonyl (C=O) groups excluding carboxylic acids is 1. The van der Waals surface area contributed by atoms with E-state index in [9.17, 15) is 18.0 Å². The molecule has 1 aromatic carbocycles. The number of alkyl halides is 3. The molecule has 0 bridgehead atoms. The fourth-order valence-electron chi connectivity index (χ4n) is 2.20. The van der Waals surface area contributed by atoms with Gasteiger partial charge in [0, 0.05) is 24.3 Å². The zero-order chi connectivity index (χ0) is 17.0. The van der Waals surface area contributed by atoms with Crippen molar-refractivity contribution in [1.82, 2.24) is 4.90 Å². The molecule has 0 saturated heterocycles. The highest BCUT2D eigenvalue weighted by atomic mass is 19.4. The standard InChI is InChI=1S/C16H21F3N2O2/c1-11(2)8-9-21(13-6-7-13)15(22)20-12-4-3-5-14(10-12)23-16(17,18)19/h3-5,10-11,13H,6-9H2,1-2H3,(H,20,22). The predicted molar refractivity (Wildman–Crippen MR) is 81.3 cm³/mol. The summed E-state index contributed by atoms with van der Waals surface area (Å²) in [6.45, 7) is 4.81. The average Bonchev–Trinajstić information content (AvgIpc) is 3.21. The van der Waals surface area contributed by atoms with E-state index in [4.69, 9.17) is 0 Å². The van der Waals surface area contributed by atoms with E-state index in [1.165, 1.54) is 24.3 Å². The van der Waals surface area contributed by atoms with Crippen molar-refractivity contribution in [2.24, 2.45) is 5.92 Å². The second-order valence-corrected chi connectivity index (χ2v) is 6.11. The Morgan fingerprint density at radius 2 is 2.09 bits per heavy atom. The van der Waals surface area contributed by atoms with Gasteiger partial charge in [0.1, 0.15) is 5.75 Å². The minimum absolute atomic E-state index is 0.239. The average molecular weight is 330 g/mol. The zero-order valence-corrected chi connectivity index (χ0v) is 13.2. The molecule has 0 spiro atoms. The first-order chi connectivity index (χ1) is 10.7. The summed E-state index contributed by atoms with van der Waals surface area (Å²) in [6.07, 6.45) is -1.91. The van der Waals surface area contributed by atoms with Crippen LogP contribution >= 0.6 is 0 Å². The molecule has 1 aromatic rings. The maximum absolute atomic E-state index is 12.4. The van der Waals surface area contributed by atoms with Crippen LogP contribution in [0.4, 0.5) is 23.7 Å². The molecule has 1 N–H and O–H groups in total. The van der Waals surface area contributed by atoms with Crippen LogP contribution in [0.1, 0.15) is 33.1 Å². The molecule has 4 nitrogen and oxygen atoms in total. The number of ether oxygens (including phenoxy) is 1. The van der Waals surface area contributed by atoms with E-state index in [1.54, 1.807) is 4.90 Å². The van der Waals surface area contributed by atoms with E-state index in [1.807, 2.05) is 0 Å². The summed E-state index contributed by atoms with van der Waals surface area (Å²) in [5.41, 5.74) is 0.284. The van der Waals surface area contributed by atoms with E-state index in [0.29, 0.717) is 12.5 Å². The molecule has 128 valence electrons. The van der Waals surface area contributed by atoms with Crippen LogP contribution in [0.15, 0.2) is 24.3 Å². The van der Waals surface area contributed by atoms with Crippen LogP contribution in [0.5, 0.6) is 5.75 Å². The number of nitrogens with zero attached hydrogens (tertiary/aromatic N) is 1. The fourth-order valence-corrected chi connectivity index (χ4v) is 2.20. The molecule has 1 fully saturated rings. The van der Waals surface area contributed by atoms with Crippen LogP contribution in [0.2, 0.25) is 0 Å². The monoisotopic (exact) mass is 330 g/mol. The Hall–Kier alpha value is -1.92. The number of hydrogen-bond donors (Lipinski definition) is 1. The molecule has 0 aromatic heterocycles. The molecule has 0 radical (unpaired) electrons. The van der Waals surface area contributed by atoms with E-state index in [0.717, 1.165) is 19.3 Å². The summed E-state index contributed by atoms with van der Waals surface area (Å²) in [4.78, 5) is 14.1. The van der Waals surface area contributed by atoms with E-state index in [2.05, 4.69) is 23.9 Å². The van der Waals surface area contributed by atoms with Gasteiger partial charge in [-0.15, -0.1) is 13.2 Å². The summed E-state index contributed by atoms with van der Waals surface area (Å²) < 4.78 is 40.6. The van der Waals surface area contributed by atoms with Crippen LogP contribution in [0.25, 0.3) is 0 Å². The van der Waals surface area contributed by atoms with Crippen molar-refractivity contribution in [1.29, 1.82) is 0 Å². The lowest BCUT2D eigenvalue weighted by Crippen LogP contribution is -2.38. The second-order valence-electron chi connectivity index (χ2n) is 6.11. The van der Waals surface area contributed by atoms with Gasteiger partial charge in [0.2, 0.25) is 0 Å². The number of nitrogens with one attached hydrogen (secondary N) is 1. The smallest absolute Gasteiger partial charge is 0.406 e. The van der Waals surface area contributed by atoms with Crippen LogP contribution in [0, 0.1) is 5.92 Å². The number of benzene rings is 1. The highest BCUT2D eigenvalue weighted by Crippen LogP contribution is 2.29. The number of amides is 2. The van der Waals surface area contributed by atoms with Crippen LogP contribution in [0.3, 0.4) is 0 Å². The molecule has 7 heteroatoms. The van der Waals surface area contributed by atoms with Gasteiger partial charge in [-0.1, -0.05) is 19.9 Å². The summed E-state index contributed by atoms with van der Waals surface area (Å²) in [7, 11) is 0. The van der Waals surface area contributed by atoms with Crippen molar-refractivity contribution in [3.63, 3.8) is 0 Å². The maximum atomic E-state index is 12.4. The van der Waals surface area contributed by atoms with Crippen molar-refractivity contribution in [3.05, 3.63) is 24.3 Å². The fraction of sp³-hybridized carbons (Fsp3) is 0.562. The van der Waals surface area contributed by atoms with Gasteiger partial charge >= 0.3 is 12.4 Å². The van der Waals surface area contributed by atoms with Crippen molar-refractivity contribution < 1.29 is 22.7 Å². The summed E-state index contributed by atoms with van der Waals surface area (Å²) in [5, 5.41) is 2.65. The number of hydrogen-bond acceptors (Lipinski definition) is 2. The Kier molecular flexibility index (Phi) is 5.38. The van der Waals surface area contributed by atoms with Gasteiger partial charge in [-0.25, -0.2) is 4.79 Å². The number of urea groups is 1. The van der Waals surface area contributed by atoms with Gasteiger partial charge in [-0.05, 0) is 37.3 Å². The summed E-state index contributed by atoms with van der Waals surface area (Å²) >= 11 is 0.